The summed E-state index contributed by atoms with van der Waals surface area (Å²) in [6, 6.07) is 8.98. The quantitative estimate of drug-likeness (QED) is 0.538. The van der Waals surface area contributed by atoms with E-state index in [-0.39, 0.29) is 6.61 Å². The van der Waals surface area contributed by atoms with E-state index >= 15 is 0 Å². The van der Waals surface area contributed by atoms with Crippen molar-refractivity contribution >= 4 is 17.1 Å². The number of rotatable bonds is 9. The maximum absolute atomic E-state index is 12.4. The van der Waals surface area contributed by atoms with Crippen molar-refractivity contribution in [3.05, 3.63) is 57.0 Å². The molecule has 1 aromatic carbocycles. The summed E-state index contributed by atoms with van der Waals surface area (Å²) < 4.78 is 14.1. The van der Waals surface area contributed by atoms with E-state index in [1.807, 2.05) is 32.0 Å². The summed E-state index contributed by atoms with van der Waals surface area (Å²) in [6.45, 7) is 6.23. The number of hydrogen-bond donors (Lipinski definition) is 1. The van der Waals surface area contributed by atoms with Crippen LogP contribution in [0.1, 0.15) is 39.4 Å². The Morgan fingerprint density at radius 1 is 1.17 bits per heavy atom. The highest BCUT2D eigenvalue weighted by Crippen LogP contribution is 2.15. The molecule has 3 aromatic rings. The molecule has 160 valence electrons. The lowest BCUT2D eigenvalue weighted by atomic mass is 10.3. The lowest BCUT2D eigenvalue weighted by molar-refractivity contribution is -0.152. The molecule has 9 heteroatoms. The molecule has 0 fully saturated rings. The fourth-order valence-corrected chi connectivity index (χ4v) is 3.20. The Bertz CT molecular complexity index is 1130. The number of carbonyl (C=O) groups excluding carboxylic acids is 1. The van der Waals surface area contributed by atoms with Crippen LogP contribution in [0.3, 0.4) is 0 Å². The molecule has 9 nitrogen and oxygen atoms in total. The van der Waals surface area contributed by atoms with E-state index in [0.29, 0.717) is 35.8 Å². The number of aryl methyl sites for hydroxylation is 2. The van der Waals surface area contributed by atoms with E-state index in [9.17, 15) is 14.4 Å². The largest absolute Gasteiger partial charge is 0.479 e. The van der Waals surface area contributed by atoms with Crippen molar-refractivity contribution < 1.29 is 14.3 Å². The number of H-pyrrole nitrogens is 1. The normalized spacial score (nSPS) is 12.1. The number of benzene rings is 1. The minimum absolute atomic E-state index is 0.134. The molecule has 0 unspecified atom stereocenters. The molecule has 0 aliphatic carbocycles. The average Bonchev–Trinajstić information content (AvgIpc) is 3.11. The van der Waals surface area contributed by atoms with Gasteiger partial charge in [-0.05, 0) is 32.4 Å². The molecule has 0 aliphatic heterocycles. The van der Waals surface area contributed by atoms with Crippen LogP contribution < -0.4 is 16.0 Å². The number of nitrogens with zero attached hydrogens (tertiary/aromatic N) is 3. The van der Waals surface area contributed by atoms with Gasteiger partial charge in [0.15, 0.2) is 17.3 Å². The van der Waals surface area contributed by atoms with Gasteiger partial charge in [-0.25, -0.2) is 14.6 Å². The Hall–Kier alpha value is -3.36. The van der Waals surface area contributed by atoms with Crippen LogP contribution >= 0.6 is 0 Å². The summed E-state index contributed by atoms with van der Waals surface area (Å²) in [7, 11) is 0. The van der Waals surface area contributed by atoms with Gasteiger partial charge in [0.05, 0.1) is 0 Å². The zero-order valence-corrected chi connectivity index (χ0v) is 17.4. The molecule has 3 rings (SSSR count). The first-order valence-corrected chi connectivity index (χ1v) is 10.1. The molecule has 0 aliphatic rings. The standard InChI is InChI=1S/C21H26N4O5/c1-4-6-12-25-18-17(19(26)23-21(25)28)24(5-2)16(22-18)13-29-20(27)14(3)30-15-10-8-7-9-11-15/h7-11,14H,4-6,12-13H2,1-3H3,(H,23,26,28)/t14-/m0/s1. The van der Waals surface area contributed by atoms with E-state index in [2.05, 4.69) is 9.97 Å². The Labute approximate surface area is 173 Å². The summed E-state index contributed by atoms with van der Waals surface area (Å²) in [5.74, 6) is 0.411. The second-order valence-corrected chi connectivity index (χ2v) is 6.89. The maximum atomic E-state index is 12.4. The van der Waals surface area contributed by atoms with Crippen LogP contribution in [0.2, 0.25) is 0 Å². The summed E-state index contributed by atoms with van der Waals surface area (Å²) >= 11 is 0. The smallest absolute Gasteiger partial charge is 0.347 e. The van der Waals surface area contributed by atoms with E-state index in [1.54, 1.807) is 23.6 Å². The van der Waals surface area contributed by atoms with Crippen LogP contribution in [0, 0.1) is 0 Å². The van der Waals surface area contributed by atoms with Gasteiger partial charge in [-0.2, -0.15) is 0 Å². The van der Waals surface area contributed by atoms with Crippen LogP contribution in [-0.2, 0) is 29.2 Å². The fourth-order valence-electron chi connectivity index (χ4n) is 3.20. The number of unbranched alkanes of at least 4 members (excludes halogenated alkanes) is 1. The molecule has 0 spiro atoms. The Morgan fingerprint density at radius 2 is 1.90 bits per heavy atom. The number of nitrogens with one attached hydrogen (secondary N) is 1. The lowest BCUT2D eigenvalue weighted by Gasteiger charge is -2.14. The predicted octanol–water partition coefficient (Wildman–Crippen LogP) is 2.22. The summed E-state index contributed by atoms with van der Waals surface area (Å²) in [4.78, 5) is 43.8. The van der Waals surface area contributed by atoms with E-state index in [4.69, 9.17) is 9.47 Å². The summed E-state index contributed by atoms with van der Waals surface area (Å²) in [6.07, 6.45) is 0.863. The molecule has 1 N–H and O–H groups in total. The fraction of sp³-hybridized carbons (Fsp3) is 0.429. The number of fused-ring (bicyclic) bond motifs is 1. The third-order valence-corrected chi connectivity index (χ3v) is 4.75. The van der Waals surface area contributed by atoms with Crippen molar-refractivity contribution in [1.29, 1.82) is 0 Å². The van der Waals surface area contributed by atoms with Crippen molar-refractivity contribution in [3.8, 4) is 5.75 Å². The highest BCUT2D eigenvalue weighted by Gasteiger charge is 2.21. The minimum atomic E-state index is -0.807. The van der Waals surface area contributed by atoms with Crippen LogP contribution in [0.5, 0.6) is 5.75 Å². The van der Waals surface area contributed by atoms with Crippen molar-refractivity contribution in [3.63, 3.8) is 0 Å². The van der Waals surface area contributed by atoms with Gasteiger partial charge in [0.1, 0.15) is 18.2 Å². The van der Waals surface area contributed by atoms with Crippen LogP contribution in [0.15, 0.2) is 39.9 Å². The average molecular weight is 414 g/mol. The molecule has 0 amide bonds. The molecule has 0 bridgehead atoms. The van der Waals surface area contributed by atoms with Gasteiger partial charge in [0.2, 0.25) is 0 Å². The predicted molar refractivity (Wildman–Crippen MR) is 112 cm³/mol. The zero-order chi connectivity index (χ0) is 21.7. The number of aromatic amines is 1. The number of hydrogen-bond acceptors (Lipinski definition) is 6. The van der Waals surface area contributed by atoms with Crippen molar-refractivity contribution in [2.24, 2.45) is 0 Å². The first-order valence-electron chi connectivity index (χ1n) is 10.1. The van der Waals surface area contributed by atoms with Crippen LogP contribution in [0.25, 0.3) is 11.2 Å². The first-order chi connectivity index (χ1) is 14.5. The Balaban J connectivity index is 1.83. The second kappa shape index (κ2) is 9.43. The van der Waals surface area contributed by atoms with Gasteiger partial charge in [-0.1, -0.05) is 31.5 Å². The minimum Gasteiger partial charge on any atom is -0.479 e. The third kappa shape index (κ3) is 4.45. The van der Waals surface area contributed by atoms with Crippen molar-refractivity contribution in [2.45, 2.75) is 59.4 Å². The van der Waals surface area contributed by atoms with Crippen molar-refractivity contribution in [1.82, 2.24) is 19.1 Å². The van der Waals surface area contributed by atoms with Gasteiger partial charge in [0.25, 0.3) is 5.56 Å². The van der Waals surface area contributed by atoms with Gasteiger partial charge >= 0.3 is 11.7 Å². The molecule has 0 saturated carbocycles. The number of aromatic nitrogens is 4. The Morgan fingerprint density at radius 3 is 2.57 bits per heavy atom. The topological polar surface area (TPSA) is 108 Å². The molecule has 30 heavy (non-hydrogen) atoms. The van der Waals surface area contributed by atoms with Gasteiger partial charge in [-0.15, -0.1) is 0 Å². The molecule has 0 radical (unpaired) electrons. The molecule has 2 heterocycles. The van der Waals surface area contributed by atoms with Gasteiger partial charge in [0, 0.05) is 13.1 Å². The molecule has 1 atom stereocenters. The third-order valence-electron chi connectivity index (χ3n) is 4.75. The van der Waals surface area contributed by atoms with E-state index in [0.717, 1.165) is 12.8 Å². The lowest BCUT2D eigenvalue weighted by Crippen LogP contribution is -2.31. The van der Waals surface area contributed by atoms with Crippen molar-refractivity contribution in [2.75, 3.05) is 0 Å². The monoisotopic (exact) mass is 414 g/mol. The SMILES string of the molecule is CCCCn1c(=O)[nH]c(=O)c2c1nc(COC(=O)[C@H](C)Oc1ccccc1)n2CC. The van der Waals surface area contributed by atoms with Gasteiger partial charge in [-0.3, -0.25) is 14.3 Å². The molecule has 0 saturated heterocycles. The second-order valence-electron chi connectivity index (χ2n) is 6.89. The summed E-state index contributed by atoms with van der Waals surface area (Å²) in [5, 5.41) is 0. The van der Waals surface area contributed by atoms with Gasteiger partial charge < -0.3 is 14.0 Å². The summed E-state index contributed by atoms with van der Waals surface area (Å²) in [5.41, 5.74) is -0.392. The molecular formula is C21H26N4O5. The number of para-hydroxylation sites is 1. The zero-order valence-electron chi connectivity index (χ0n) is 17.4. The molecular weight excluding hydrogens is 388 g/mol. The highest BCUT2D eigenvalue weighted by molar-refractivity contribution is 5.75. The first kappa shape index (κ1) is 21.4. The van der Waals surface area contributed by atoms with E-state index < -0.39 is 23.3 Å². The number of imidazole rings is 1. The van der Waals surface area contributed by atoms with E-state index in [1.165, 1.54) is 4.57 Å². The number of carbonyl (C=O) groups is 1. The highest BCUT2D eigenvalue weighted by atomic mass is 16.6. The number of ether oxygens (including phenoxy) is 2. The van der Waals surface area contributed by atoms with Crippen LogP contribution in [-0.4, -0.2) is 31.2 Å². The number of esters is 1. The molecule has 2 aromatic heterocycles. The van der Waals surface area contributed by atoms with Crippen LogP contribution in [0.4, 0.5) is 0 Å². The Kier molecular flexibility index (Phi) is 6.71. The maximum Gasteiger partial charge on any atom is 0.347 e.